The first-order chi connectivity index (χ1) is 9.90. The van der Waals surface area contributed by atoms with Crippen molar-refractivity contribution in [1.29, 1.82) is 0 Å². The third-order valence-corrected chi connectivity index (χ3v) is 4.35. The summed E-state index contributed by atoms with van der Waals surface area (Å²) in [6.07, 6.45) is 1.86. The van der Waals surface area contributed by atoms with Crippen LogP contribution in [0.1, 0.15) is 19.3 Å². The first-order valence-electron chi connectivity index (χ1n) is 7.38. The number of urea groups is 1. The van der Waals surface area contributed by atoms with Crippen LogP contribution >= 0.6 is 0 Å². The van der Waals surface area contributed by atoms with Crippen LogP contribution in [-0.4, -0.2) is 78.0 Å². The zero-order valence-corrected chi connectivity index (χ0v) is 12.6. The van der Waals surface area contributed by atoms with Crippen molar-refractivity contribution in [2.45, 2.75) is 19.3 Å². The molecule has 1 unspecified atom stereocenters. The molecule has 2 aliphatic rings. The summed E-state index contributed by atoms with van der Waals surface area (Å²) in [4.78, 5) is 40.2. The zero-order valence-electron chi connectivity index (χ0n) is 12.6. The second-order valence-electron chi connectivity index (χ2n) is 6.05. The van der Waals surface area contributed by atoms with Gasteiger partial charge in [-0.3, -0.25) is 9.59 Å². The van der Waals surface area contributed by atoms with Gasteiger partial charge in [-0.1, -0.05) is 0 Å². The molecule has 0 radical (unpaired) electrons. The Morgan fingerprint density at radius 3 is 1.95 bits per heavy atom. The average molecular weight is 297 g/mol. The Morgan fingerprint density at radius 1 is 0.952 bits per heavy atom. The summed E-state index contributed by atoms with van der Waals surface area (Å²) in [7, 11) is 3.44. The van der Waals surface area contributed by atoms with Gasteiger partial charge in [0.05, 0.1) is 5.92 Å². The Labute approximate surface area is 124 Å². The van der Waals surface area contributed by atoms with Crippen LogP contribution in [0, 0.1) is 11.8 Å². The third-order valence-electron chi connectivity index (χ3n) is 4.35. The van der Waals surface area contributed by atoms with E-state index in [1.165, 1.54) is 0 Å². The van der Waals surface area contributed by atoms with Gasteiger partial charge in [-0.2, -0.15) is 0 Å². The summed E-state index contributed by atoms with van der Waals surface area (Å²) in [5.41, 5.74) is 0. The van der Waals surface area contributed by atoms with Crippen LogP contribution in [0.4, 0.5) is 4.79 Å². The maximum absolute atomic E-state index is 12.4. The lowest BCUT2D eigenvalue weighted by molar-refractivity contribution is -0.141. The van der Waals surface area contributed by atoms with E-state index in [4.69, 9.17) is 5.11 Å². The maximum Gasteiger partial charge on any atom is 0.319 e. The topological polar surface area (TPSA) is 81.2 Å². The first kappa shape index (κ1) is 15.6. The van der Waals surface area contributed by atoms with Crippen LogP contribution < -0.4 is 0 Å². The largest absolute Gasteiger partial charge is 0.481 e. The van der Waals surface area contributed by atoms with Crippen molar-refractivity contribution in [3.8, 4) is 0 Å². The number of aliphatic carboxylic acids is 1. The molecule has 7 heteroatoms. The van der Waals surface area contributed by atoms with Gasteiger partial charge in [0.15, 0.2) is 0 Å². The van der Waals surface area contributed by atoms with Crippen LogP contribution in [-0.2, 0) is 9.59 Å². The van der Waals surface area contributed by atoms with E-state index < -0.39 is 11.9 Å². The van der Waals surface area contributed by atoms with Crippen molar-refractivity contribution in [2.24, 2.45) is 11.8 Å². The van der Waals surface area contributed by atoms with Crippen LogP contribution in [0.25, 0.3) is 0 Å². The monoisotopic (exact) mass is 297 g/mol. The van der Waals surface area contributed by atoms with Gasteiger partial charge in [-0.05, 0) is 19.3 Å². The van der Waals surface area contributed by atoms with Crippen LogP contribution in [0.15, 0.2) is 0 Å². The molecule has 0 spiro atoms. The predicted octanol–water partition coefficient (Wildman–Crippen LogP) is 0.313. The Hall–Kier alpha value is -1.79. The van der Waals surface area contributed by atoms with Crippen LogP contribution in [0.3, 0.4) is 0 Å². The Morgan fingerprint density at radius 2 is 1.48 bits per heavy atom. The van der Waals surface area contributed by atoms with E-state index in [1.54, 1.807) is 28.8 Å². The van der Waals surface area contributed by atoms with Gasteiger partial charge in [-0.15, -0.1) is 0 Å². The number of hydrogen-bond donors (Lipinski definition) is 1. The number of hydrogen-bond acceptors (Lipinski definition) is 3. The molecule has 2 rings (SSSR count). The number of carbonyl (C=O) groups excluding carboxylic acids is 2. The number of piperidine rings is 1. The molecular weight excluding hydrogens is 274 g/mol. The van der Waals surface area contributed by atoms with E-state index in [-0.39, 0.29) is 17.9 Å². The summed E-state index contributed by atoms with van der Waals surface area (Å²) < 4.78 is 0. The van der Waals surface area contributed by atoms with Crippen molar-refractivity contribution in [1.82, 2.24) is 14.7 Å². The predicted molar refractivity (Wildman–Crippen MR) is 75.7 cm³/mol. The smallest absolute Gasteiger partial charge is 0.319 e. The van der Waals surface area contributed by atoms with Crippen molar-refractivity contribution >= 4 is 17.9 Å². The van der Waals surface area contributed by atoms with E-state index >= 15 is 0 Å². The van der Waals surface area contributed by atoms with E-state index in [0.29, 0.717) is 45.4 Å². The number of likely N-dealkylation sites (tertiary alicyclic amines) is 2. The van der Waals surface area contributed by atoms with Gasteiger partial charge < -0.3 is 19.8 Å². The molecule has 0 bridgehead atoms. The molecule has 0 aliphatic carbocycles. The lowest BCUT2D eigenvalue weighted by Crippen LogP contribution is -2.47. The van der Waals surface area contributed by atoms with Gasteiger partial charge in [-0.25, -0.2) is 4.79 Å². The minimum Gasteiger partial charge on any atom is -0.481 e. The maximum atomic E-state index is 12.4. The van der Waals surface area contributed by atoms with Gasteiger partial charge in [0.1, 0.15) is 0 Å². The van der Waals surface area contributed by atoms with Gasteiger partial charge in [0.25, 0.3) is 0 Å². The average Bonchev–Trinajstić information content (AvgIpc) is 2.96. The molecule has 2 fully saturated rings. The van der Waals surface area contributed by atoms with E-state index in [2.05, 4.69) is 0 Å². The van der Waals surface area contributed by atoms with Gasteiger partial charge in [0, 0.05) is 46.2 Å². The molecule has 3 amide bonds. The molecule has 118 valence electrons. The highest BCUT2D eigenvalue weighted by Crippen LogP contribution is 2.24. The fourth-order valence-electron chi connectivity index (χ4n) is 3.02. The molecule has 2 aliphatic heterocycles. The number of rotatable bonds is 2. The lowest BCUT2D eigenvalue weighted by atomic mass is 9.95. The molecular formula is C14H23N3O4. The number of carboxylic acids is 1. The SMILES string of the molecule is CN(C)C(=O)N1CCC(C(=O)N2CCC(C(=O)O)C2)CC1. The van der Waals surface area contributed by atoms with Crippen molar-refractivity contribution in [3.05, 3.63) is 0 Å². The molecule has 21 heavy (non-hydrogen) atoms. The quantitative estimate of drug-likeness (QED) is 0.795. The molecule has 0 saturated carbocycles. The number of carbonyl (C=O) groups is 3. The normalized spacial score (nSPS) is 23.2. The highest BCUT2D eigenvalue weighted by molar-refractivity contribution is 5.81. The standard InChI is InChI=1S/C14H23N3O4/c1-15(2)14(21)16-6-3-10(4-7-16)12(18)17-8-5-11(9-17)13(19)20/h10-11H,3-9H2,1-2H3,(H,19,20). The minimum absolute atomic E-state index is 0.0204. The minimum atomic E-state index is -0.823. The fourth-order valence-corrected chi connectivity index (χ4v) is 3.02. The van der Waals surface area contributed by atoms with E-state index in [9.17, 15) is 14.4 Å². The molecule has 0 aromatic rings. The molecule has 1 atom stereocenters. The summed E-state index contributed by atoms with van der Waals surface area (Å²) in [6.45, 7) is 2.03. The molecule has 2 saturated heterocycles. The number of amides is 3. The van der Waals surface area contributed by atoms with Crippen molar-refractivity contribution in [3.63, 3.8) is 0 Å². The summed E-state index contributed by atoms with van der Waals surface area (Å²) in [5, 5.41) is 8.98. The Balaban J connectivity index is 1.84. The summed E-state index contributed by atoms with van der Waals surface area (Å²) >= 11 is 0. The molecule has 2 heterocycles. The second-order valence-corrected chi connectivity index (χ2v) is 6.05. The Kier molecular flexibility index (Phi) is 4.69. The summed E-state index contributed by atoms with van der Waals surface area (Å²) in [5.74, 6) is -1.28. The van der Waals surface area contributed by atoms with E-state index in [1.807, 2.05) is 0 Å². The first-order valence-corrected chi connectivity index (χ1v) is 7.38. The highest BCUT2D eigenvalue weighted by Gasteiger charge is 2.35. The van der Waals surface area contributed by atoms with Crippen LogP contribution in [0.5, 0.6) is 0 Å². The van der Waals surface area contributed by atoms with Crippen molar-refractivity contribution < 1.29 is 19.5 Å². The van der Waals surface area contributed by atoms with Crippen LogP contribution in [0.2, 0.25) is 0 Å². The molecule has 7 nitrogen and oxygen atoms in total. The second kappa shape index (κ2) is 6.32. The van der Waals surface area contributed by atoms with Gasteiger partial charge >= 0.3 is 12.0 Å². The van der Waals surface area contributed by atoms with E-state index in [0.717, 1.165) is 0 Å². The number of nitrogens with zero attached hydrogens (tertiary/aromatic N) is 3. The zero-order chi connectivity index (χ0) is 15.6. The molecule has 1 N–H and O–H groups in total. The lowest BCUT2D eigenvalue weighted by Gasteiger charge is -2.34. The Bertz CT molecular complexity index is 430. The van der Waals surface area contributed by atoms with Gasteiger partial charge in [0.2, 0.25) is 5.91 Å². The fraction of sp³-hybridized carbons (Fsp3) is 0.786. The molecule has 0 aromatic carbocycles. The molecule has 0 aromatic heterocycles. The highest BCUT2D eigenvalue weighted by atomic mass is 16.4. The number of carboxylic acid groups (broad SMARTS) is 1. The van der Waals surface area contributed by atoms with Crippen molar-refractivity contribution in [2.75, 3.05) is 40.3 Å². The summed E-state index contributed by atoms with van der Waals surface area (Å²) in [6, 6.07) is -0.0204. The third kappa shape index (κ3) is 3.46.